The van der Waals surface area contributed by atoms with Crippen LogP contribution >= 0.6 is 35.6 Å². The van der Waals surface area contributed by atoms with Crippen molar-refractivity contribution in [1.82, 2.24) is 5.32 Å². The van der Waals surface area contributed by atoms with Crippen molar-refractivity contribution in [3.05, 3.63) is 33.8 Å². The van der Waals surface area contributed by atoms with Gasteiger partial charge in [-0.25, -0.2) is 8.42 Å². The molecule has 1 saturated heterocycles. The van der Waals surface area contributed by atoms with Crippen LogP contribution in [-0.4, -0.2) is 33.5 Å². The Labute approximate surface area is 142 Å². The smallest absolute Gasteiger partial charge is 0.147 e. The summed E-state index contributed by atoms with van der Waals surface area (Å²) in [6.07, 6.45) is 3.21. The second-order valence-corrected chi connectivity index (χ2v) is 8.48. The van der Waals surface area contributed by atoms with E-state index in [1.54, 1.807) is 6.07 Å². The second kappa shape index (κ2) is 8.02. The van der Waals surface area contributed by atoms with Crippen LogP contribution in [0.4, 0.5) is 0 Å². The first-order chi connectivity index (χ1) is 9.37. The van der Waals surface area contributed by atoms with Gasteiger partial charge in [-0.15, -0.1) is 12.4 Å². The van der Waals surface area contributed by atoms with Crippen molar-refractivity contribution in [2.45, 2.75) is 18.8 Å². The first-order valence-corrected chi connectivity index (χ1v) is 9.52. The van der Waals surface area contributed by atoms with Crippen LogP contribution in [-0.2, 0) is 9.84 Å². The zero-order valence-electron chi connectivity index (χ0n) is 11.8. The van der Waals surface area contributed by atoms with Gasteiger partial charge in [-0.05, 0) is 43.0 Å². The van der Waals surface area contributed by atoms with Gasteiger partial charge in [-0.2, -0.15) is 0 Å². The lowest BCUT2D eigenvalue weighted by Crippen LogP contribution is -2.27. The van der Waals surface area contributed by atoms with Gasteiger partial charge in [0.2, 0.25) is 0 Å². The SMILES string of the molecule is CS(=O)(=O)C[C@H]1CCCNC[C@@H]1c1ccc(Cl)c(Cl)c1.Cl. The fourth-order valence-corrected chi connectivity index (χ4v) is 4.32. The molecule has 7 heteroatoms. The minimum Gasteiger partial charge on any atom is -0.316 e. The van der Waals surface area contributed by atoms with Crippen LogP contribution in [0.2, 0.25) is 10.0 Å². The third-order valence-electron chi connectivity index (χ3n) is 3.75. The molecule has 0 aliphatic carbocycles. The largest absolute Gasteiger partial charge is 0.316 e. The quantitative estimate of drug-likeness (QED) is 0.882. The van der Waals surface area contributed by atoms with Crippen molar-refractivity contribution in [2.24, 2.45) is 5.92 Å². The molecule has 1 aromatic rings. The van der Waals surface area contributed by atoms with E-state index in [0.29, 0.717) is 10.0 Å². The van der Waals surface area contributed by atoms with Crippen LogP contribution < -0.4 is 5.32 Å². The molecule has 120 valence electrons. The molecule has 1 aromatic carbocycles. The zero-order valence-corrected chi connectivity index (χ0v) is 15.0. The molecule has 0 amide bonds. The van der Waals surface area contributed by atoms with Crippen LogP contribution in [0.25, 0.3) is 0 Å². The molecular weight excluding hydrogens is 353 g/mol. The molecule has 1 heterocycles. The Morgan fingerprint density at radius 3 is 2.62 bits per heavy atom. The minimum atomic E-state index is -2.99. The monoisotopic (exact) mass is 371 g/mol. The summed E-state index contributed by atoms with van der Waals surface area (Å²) >= 11 is 12.0. The van der Waals surface area contributed by atoms with Crippen LogP contribution in [0.15, 0.2) is 18.2 Å². The van der Waals surface area contributed by atoms with Gasteiger partial charge in [0.05, 0.1) is 15.8 Å². The molecule has 0 radical (unpaired) electrons. The average molecular weight is 373 g/mol. The molecule has 0 spiro atoms. The molecule has 0 bridgehead atoms. The van der Waals surface area contributed by atoms with Gasteiger partial charge in [0, 0.05) is 18.7 Å². The van der Waals surface area contributed by atoms with Gasteiger partial charge < -0.3 is 5.32 Å². The lowest BCUT2D eigenvalue weighted by atomic mass is 9.85. The molecule has 21 heavy (non-hydrogen) atoms. The fourth-order valence-electron chi connectivity index (χ4n) is 2.84. The third kappa shape index (κ3) is 5.61. The molecule has 1 aliphatic heterocycles. The Morgan fingerprint density at radius 2 is 2.00 bits per heavy atom. The lowest BCUT2D eigenvalue weighted by molar-refractivity contribution is 0.446. The van der Waals surface area contributed by atoms with Crippen LogP contribution in [0.3, 0.4) is 0 Å². The van der Waals surface area contributed by atoms with Gasteiger partial charge in [0.15, 0.2) is 0 Å². The summed E-state index contributed by atoms with van der Waals surface area (Å²) in [5.41, 5.74) is 1.06. The zero-order chi connectivity index (χ0) is 14.8. The predicted octanol–water partition coefficient (Wildman–Crippen LogP) is 3.54. The number of benzene rings is 1. The van der Waals surface area contributed by atoms with Gasteiger partial charge in [-0.1, -0.05) is 29.3 Å². The number of nitrogens with one attached hydrogen (secondary N) is 1. The van der Waals surface area contributed by atoms with E-state index in [9.17, 15) is 8.42 Å². The van der Waals surface area contributed by atoms with Crippen molar-refractivity contribution < 1.29 is 8.42 Å². The number of halogens is 3. The van der Waals surface area contributed by atoms with Crippen LogP contribution in [0, 0.1) is 5.92 Å². The summed E-state index contributed by atoms with van der Waals surface area (Å²) in [7, 11) is -2.99. The maximum absolute atomic E-state index is 11.6. The van der Waals surface area contributed by atoms with Gasteiger partial charge >= 0.3 is 0 Å². The summed E-state index contributed by atoms with van der Waals surface area (Å²) in [5, 5.41) is 4.42. The topological polar surface area (TPSA) is 46.2 Å². The van der Waals surface area contributed by atoms with Crippen molar-refractivity contribution in [1.29, 1.82) is 0 Å². The Morgan fingerprint density at radius 1 is 1.29 bits per heavy atom. The molecular formula is C14H20Cl3NO2S. The first-order valence-electron chi connectivity index (χ1n) is 6.70. The van der Waals surface area contributed by atoms with E-state index in [1.807, 2.05) is 12.1 Å². The maximum Gasteiger partial charge on any atom is 0.147 e. The fraction of sp³-hybridized carbons (Fsp3) is 0.571. The molecule has 2 atom stereocenters. The Kier molecular flexibility index (Phi) is 7.28. The third-order valence-corrected chi connectivity index (χ3v) is 5.52. The lowest BCUT2D eigenvalue weighted by Gasteiger charge is -2.25. The molecule has 1 N–H and O–H groups in total. The molecule has 2 rings (SSSR count). The van der Waals surface area contributed by atoms with Gasteiger partial charge in [0.25, 0.3) is 0 Å². The summed E-state index contributed by atoms with van der Waals surface area (Å²) < 4.78 is 23.3. The summed E-state index contributed by atoms with van der Waals surface area (Å²) in [6, 6.07) is 5.58. The summed E-state index contributed by atoms with van der Waals surface area (Å²) in [5.74, 6) is 0.499. The minimum absolute atomic E-state index is 0. The Bertz CT molecular complexity index is 578. The molecule has 1 aliphatic rings. The number of sulfone groups is 1. The summed E-state index contributed by atoms with van der Waals surface area (Å²) in [6.45, 7) is 1.70. The van der Waals surface area contributed by atoms with Gasteiger partial charge in [-0.3, -0.25) is 0 Å². The molecule has 0 aromatic heterocycles. The van der Waals surface area contributed by atoms with E-state index in [2.05, 4.69) is 5.32 Å². The molecule has 1 fully saturated rings. The highest BCUT2D eigenvalue weighted by molar-refractivity contribution is 7.90. The second-order valence-electron chi connectivity index (χ2n) is 5.48. The molecule has 3 nitrogen and oxygen atoms in total. The number of hydrogen-bond acceptors (Lipinski definition) is 3. The maximum atomic E-state index is 11.6. The number of rotatable bonds is 3. The van der Waals surface area contributed by atoms with E-state index in [-0.39, 0.29) is 30.0 Å². The van der Waals surface area contributed by atoms with E-state index < -0.39 is 9.84 Å². The van der Waals surface area contributed by atoms with Crippen molar-refractivity contribution in [3.8, 4) is 0 Å². The predicted molar refractivity (Wildman–Crippen MR) is 91.8 cm³/mol. The molecule has 0 unspecified atom stereocenters. The van der Waals surface area contributed by atoms with E-state index in [0.717, 1.165) is 31.5 Å². The highest BCUT2D eigenvalue weighted by Gasteiger charge is 2.28. The Balaban J connectivity index is 0.00000220. The van der Waals surface area contributed by atoms with Gasteiger partial charge in [0.1, 0.15) is 9.84 Å². The first kappa shape index (κ1) is 19.0. The number of hydrogen-bond donors (Lipinski definition) is 1. The highest BCUT2D eigenvalue weighted by Crippen LogP contribution is 2.33. The van der Waals surface area contributed by atoms with Crippen molar-refractivity contribution >= 4 is 45.4 Å². The Hall–Kier alpha value is -0.000000000000000167. The normalized spacial score (nSPS) is 23.2. The van der Waals surface area contributed by atoms with E-state index >= 15 is 0 Å². The van der Waals surface area contributed by atoms with E-state index in [1.165, 1.54) is 6.26 Å². The van der Waals surface area contributed by atoms with Crippen LogP contribution in [0.5, 0.6) is 0 Å². The van der Waals surface area contributed by atoms with Crippen LogP contribution in [0.1, 0.15) is 24.3 Å². The molecule has 0 saturated carbocycles. The highest BCUT2D eigenvalue weighted by atomic mass is 35.5. The van der Waals surface area contributed by atoms with Crippen molar-refractivity contribution in [2.75, 3.05) is 25.1 Å². The standard InChI is InChI=1S/C14H19Cl2NO2S.ClH/c1-20(18,19)9-11-3-2-6-17-8-12(11)10-4-5-13(15)14(16)7-10;/h4-5,7,11-12,17H,2-3,6,8-9H2,1H3;1H/t11-,12-;/m1./s1. The summed E-state index contributed by atoms with van der Waals surface area (Å²) in [4.78, 5) is 0. The van der Waals surface area contributed by atoms with Crippen molar-refractivity contribution in [3.63, 3.8) is 0 Å². The average Bonchev–Trinajstić information content (AvgIpc) is 2.56. The van der Waals surface area contributed by atoms with E-state index in [4.69, 9.17) is 23.2 Å².